The van der Waals surface area contributed by atoms with E-state index in [1.807, 2.05) is 0 Å². The van der Waals surface area contributed by atoms with Gasteiger partial charge in [-0.3, -0.25) is 4.79 Å². The van der Waals surface area contributed by atoms with Crippen LogP contribution in [0.25, 0.3) is 0 Å². The van der Waals surface area contributed by atoms with E-state index in [1.165, 1.54) is 0 Å². The van der Waals surface area contributed by atoms with E-state index in [9.17, 15) is 4.79 Å². The van der Waals surface area contributed by atoms with Crippen LogP contribution in [0.3, 0.4) is 0 Å². The highest BCUT2D eigenvalue weighted by Crippen LogP contribution is 2.40. The molecular weight excluding hydrogens is 202 g/mol. The van der Waals surface area contributed by atoms with E-state index in [0.29, 0.717) is 16.6 Å². The summed E-state index contributed by atoms with van der Waals surface area (Å²) < 4.78 is 0. The molecule has 0 unspecified atom stereocenters. The van der Waals surface area contributed by atoms with E-state index in [-0.39, 0.29) is 0 Å². The number of hydrogen-bond donors (Lipinski definition) is 1. The second-order valence-electron chi connectivity index (χ2n) is 5.01. The maximum absolute atomic E-state index is 10.8. The molecule has 0 bridgehead atoms. The molecule has 2 N–H and O–H groups in total. The first-order valence-corrected chi connectivity index (χ1v) is 7.80. The lowest BCUT2D eigenvalue weighted by Crippen LogP contribution is -2.43. The molecule has 0 aliphatic rings. The Morgan fingerprint density at radius 2 is 1.33 bits per heavy atom. The van der Waals surface area contributed by atoms with Gasteiger partial charge in [0.25, 0.3) is 5.91 Å². The zero-order valence-corrected chi connectivity index (χ0v) is 11.7. The minimum Gasteiger partial charge on any atom is -0.359 e. The number of carbonyl (C=O) groups excluding carboxylic acids is 1. The molecule has 86 valence electrons. The number of carbonyl (C=O) groups is 1. The highest BCUT2D eigenvalue weighted by molar-refractivity contribution is 6.90. The van der Waals surface area contributed by atoms with Gasteiger partial charge in [0.1, 0.15) is 8.07 Å². The number of amides is 1. The van der Waals surface area contributed by atoms with Crippen LogP contribution in [0.4, 0.5) is 0 Å². The first-order chi connectivity index (χ1) is 6.75. The summed E-state index contributed by atoms with van der Waals surface area (Å²) in [6.45, 7) is 13.3. The van der Waals surface area contributed by atoms with Gasteiger partial charge in [0, 0.05) is 0 Å². The normalized spacial score (nSPS) is 11.8. The molecule has 0 saturated heterocycles. The van der Waals surface area contributed by atoms with E-state index in [1.54, 1.807) is 0 Å². The standard InChI is InChI=1S/C12H23NOSi/c1-9(2)15(10(3)4,11(5)6)8-7-12(13)14/h9-11H,1-6H3,(H2,13,14). The third-order valence-corrected chi connectivity index (χ3v) is 9.56. The predicted molar refractivity (Wildman–Crippen MR) is 68.0 cm³/mol. The molecule has 0 aromatic heterocycles. The number of hydrogen-bond acceptors (Lipinski definition) is 1. The smallest absolute Gasteiger partial charge is 0.292 e. The average Bonchev–Trinajstić information content (AvgIpc) is 2.02. The van der Waals surface area contributed by atoms with Crippen molar-refractivity contribution in [3.05, 3.63) is 0 Å². The van der Waals surface area contributed by atoms with Crippen molar-refractivity contribution in [1.82, 2.24) is 0 Å². The highest BCUT2D eigenvalue weighted by Gasteiger charge is 2.41. The largest absolute Gasteiger partial charge is 0.359 e. The lowest BCUT2D eigenvalue weighted by molar-refractivity contribution is -0.112. The van der Waals surface area contributed by atoms with Gasteiger partial charge in [-0.25, -0.2) is 0 Å². The summed E-state index contributed by atoms with van der Waals surface area (Å²) in [4.78, 5) is 10.8. The number of primary amides is 1. The van der Waals surface area contributed by atoms with Gasteiger partial charge in [-0.15, -0.1) is 5.54 Å². The Balaban J connectivity index is 5.37. The molecule has 0 atom stereocenters. The van der Waals surface area contributed by atoms with Crippen LogP contribution in [0.2, 0.25) is 16.6 Å². The number of rotatable bonds is 3. The molecule has 1 amide bonds. The van der Waals surface area contributed by atoms with Gasteiger partial charge in [-0.05, 0) is 22.5 Å². The molecule has 2 nitrogen and oxygen atoms in total. The van der Waals surface area contributed by atoms with Crippen LogP contribution >= 0.6 is 0 Å². The Hall–Kier alpha value is -0.753. The van der Waals surface area contributed by atoms with Crippen molar-refractivity contribution < 1.29 is 4.79 Å². The van der Waals surface area contributed by atoms with Crippen LogP contribution in [0.1, 0.15) is 41.5 Å². The van der Waals surface area contributed by atoms with Gasteiger partial charge in [-0.2, -0.15) is 0 Å². The predicted octanol–water partition coefficient (Wildman–Crippen LogP) is 2.69. The fraction of sp³-hybridized carbons (Fsp3) is 0.750. The third-order valence-electron chi connectivity index (χ3n) is 3.27. The monoisotopic (exact) mass is 225 g/mol. The summed E-state index contributed by atoms with van der Waals surface area (Å²) in [6, 6.07) is 0. The molecule has 0 saturated carbocycles. The van der Waals surface area contributed by atoms with Gasteiger partial charge in [0.15, 0.2) is 0 Å². The summed E-state index contributed by atoms with van der Waals surface area (Å²) in [7, 11) is -1.75. The Bertz CT molecular complexity index is 262. The van der Waals surface area contributed by atoms with E-state index in [2.05, 4.69) is 53.0 Å². The van der Waals surface area contributed by atoms with Crippen molar-refractivity contribution >= 4 is 14.0 Å². The summed E-state index contributed by atoms with van der Waals surface area (Å²) in [5.41, 5.74) is 9.99. The van der Waals surface area contributed by atoms with Crippen molar-refractivity contribution in [3.8, 4) is 11.5 Å². The summed E-state index contributed by atoms with van der Waals surface area (Å²) in [6.07, 6.45) is 0. The van der Waals surface area contributed by atoms with Crippen molar-refractivity contribution in [2.75, 3.05) is 0 Å². The lowest BCUT2D eigenvalue weighted by atomic mass is 10.5. The highest BCUT2D eigenvalue weighted by atomic mass is 28.3. The van der Waals surface area contributed by atoms with Gasteiger partial charge < -0.3 is 5.73 Å². The van der Waals surface area contributed by atoms with Crippen LogP contribution in [0, 0.1) is 11.5 Å². The van der Waals surface area contributed by atoms with Crippen LogP contribution in [-0.2, 0) is 4.79 Å². The van der Waals surface area contributed by atoms with Crippen molar-refractivity contribution in [1.29, 1.82) is 0 Å². The van der Waals surface area contributed by atoms with E-state index in [0.717, 1.165) is 0 Å². The number of nitrogens with two attached hydrogens (primary N) is 1. The molecule has 3 heteroatoms. The molecule has 0 aliphatic carbocycles. The van der Waals surface area contributed by atoms with Gasteiger partial charge in [-0.1, -0.05) is 41.5 Å². The average molecular weight is 225 g/mol. The van der Waals surface area contributed by atoms with Crippen molar-refractivity contribution in [3.63, 3.8) is 0 Å². The molecule has 0 aromatic carbocycles. The Morgan fingerprint density at radius 3 is 1.53 bits per heavy atom. The second-order valence-corrected chi connectivity index (χ2v) is 10.6. The summed E-state index contributed by atoms with van der Waals surface area (Å²) >= 11 is 0. The van der Waals surface area contributed by atoms with Gasteiger partial charge >= 0.3 is 0 Å². The van der Waals surface area contributed by atoms with Crippen molar-refractivity contribution in [2.45, 2.75) is 58.2 Å². The second kappa shape index (κ2) is 5.36. The van der Waals surface area contributed by atoms with Crippen LogP contribution in [-0.4, -0.2) is 14.0 Å². The topological polar surface area (TPSA) is 43.1 Å². The molecule has 0 aromatic rings. The molecule has 0 heterocycles. The molecule has 0 aliphatic heterocycles. The molecule has 0 rings (SSSR count). The molecule has 0 spiro atoms. The SMILES string of the molecule is CC(C)[Si](C#CC(N)=O)(C(C)C)C(C)C. The third kappa shape index (κ3) is 3.10. The van der Waals surface area contributed by atoms with Crippen LogP contribution < -0.4 is 5.73 Å². The quantitative estimate of drug-likeness (QED) is 0.582. The Kier molecular flexibility index (Phi) is 5.09. The Labute approximate surface area is 94.6 Å². The summed E-state index contributed by atoms with van der Waals surface area (Å²) in [5, 5.41) is 0. The zero-order chi connectivity index (χ0) is 12.2. The maximum atomic E-state index is 10.8. The van der Waals surface area contributed by atoms with Gasteiger partial charge in [0.2, 0.25) is 0 Å². The lowest BCUT2D eigenvalue weighted by Gasteiger charge is -2.37. The van der Waals surface area contributed by atoms with Crippen LogP contribution in [0.5, 0.6) is 0 Å². The van der Waals surface area contributed by atoms with Crippen molar-refractivity contribution in [2.24, 2.45) is 5.73 Å². The Morgan fingerprint density at radius 1 is 1.00 bits per heavy atom. The summed E-state index contributed by atoms with van der Waals surface area (Å²) in [5.74, 6) is 2.08. The maximum Gasteiger partial charge on any atom is 0.292 e. The van der Waals surface area contributed by atoms with Crippen LogP contribution in [0.15, 0.2) is 0 Å². The minimum absolute atomic E-state index is 0.506. The van der Waals surface area contributed by atoms with E-state index >= 15 is 0 Å². The molecule has 0 radical (unpaired) electrons. The fourth-order valence-electron chi connectivity index (χ4n) is 2.60. The minimum atomic E-state index is -1.75. The molecule has 15 heavy (non-hydrogen) atoms. The van der Waals surface area contributed by atoms with E-state index < -0.39 is 14.0 Å². The van der Waals surface area contributed by atoms with Gasteiger partial charge in [0.05, 0.1) is 0 Å². The zero-order valence-electron chi connectivity index (χ0n) is 10.7. The fourth-order valence-corrected chi connectivity index (χ4v) is 7.81. The van der Waals surface area contributed by atoms with E-state index in [4.69, 9.17) is 5.73 Å². The molecule has 0 fully saturated rings. The first kappa shape index (κ1) is 14.2. The first-order valence-electron chi connectivity index (χ1n) is 5.57. The molecular formula is C12H23NOSi.